The third-order valence-corrected chi connectivity index (χ3v) is 1.72. The largest absolute Gasteiger partial charge is 0.707 e. The molecule has 0 aliphatic carbocycles. The molecule has 0 bridgehead atoms. The first-order valence-corrected chi connectivity index (χ1v) is 3.63. The van der Waals surface area contributed by atoms with E-state index in [9.17, 15) is 0 Å². The summed E-state index contributed by atoms with van der Waals surface area (Å²) in [5.74, 6) is 0.208. The van der Waals surface area contributed by atoms with Crippen molar-refractivity contribution in [3.05, 3.63) is 23.0 Å². The lowest BCUT2D eigenvalue weighted by atomic mass is 10.2. The number of hydrogen-bond acceptors (Lipinski definition) is 4. The van der Waals surface area contributed by atoms with Crippen LogP contribution in [0, 0.1) is 6.92 Å². The van der Waals surface area contributed by atoms with E-state index in [-0.39, 0.29) is 10.8 Å². The number of halogens is 1. The molecule has 0 spiro atoms. The minimum Gasteiger partial charge on any atom is -0.511 e. The molecule has 12 heavy (non-hydrogen) atoms. The van der Waals surface area contributed by atoms with Crippen LogP contribution in [0.3, 0.4) is 0 Å². The van der Waals surface area contributed by atoms with Gasteiger partial charge in [-0.2, -0.15) is 0 Å². The predicted molar refractivity (Wildman–Crippen MR) is 44.8 cm³/mol. The summed E-state index contributed by atoms with van der Waals surface area (Å²) < 4.78 is 4.56. The van der Waals surface area contributed by atoms with Crippen molar-refractivity contribution in [1.29, 1.82) is 0 Å². The second kappa shape index (κ2) is 3.75. The summed E-state index contributed by atoms with van der Waals surface area (Å²) in [4.78, 5) is 3.87. The maximum absolute atomic E-state index is 8.48. The van der Waals surface area contributed by atoms with E-state index >= 15 is 0 Å². The van der Waals surface area contributed by atoms with E-state index in [0.29, 0.717) is 5.69 Å². The maximum atomic E-state index is 8.48. The molecule has 2 N–H and O–H groups in total. The van der Waals surface area contributed by atoms with Gasteiger partial charge < -0.3 is 14.7 Å². The van der Waals surface area contributed by atoms with Crippen LogP contribution in [0.25, 0.3) is 0 Å². The van der Waals surface area contributed by atoms with Crippen molar-refractivity contribution in [2.75, 3.05) is 0 Å². The van der Waals surface area contributed by atoms with E-state index in [0.717, 1.165) is 0 Å². The van der Waals surface area contributed by atoms with Crippen LogP contribution in [-0.2, 0) is 0 Å². The molecule has 0 aromatic carbocycles. The molecular formula is C6H7BClNO3. The summed E-state index contributed by atoms with van der Waals surface area (Å²) in [5.41, 5.74) is 0.579. The van der Waals surface area contributed by atoms with Crippen LogP contribution in [0.5, 0.6) is 5.75 Å². The normalized spacial score (nSPS) is 9.67. The molecule has 0 saturated carbocycles. The van der Waals surface area contributed by atoms with Crippen LogP contribution in [-0.4, -0.2) is 22.4 Å². The number of hydrogen-bond donors (Lipinski definition) is 2. The fourth-order valence-corrected chi connectivity index (χ4v) is 0.886. The average Bonchev–Trinajstić information content (AvgIpc) is 1.98. The molecule has 0 fully saturated rings. The predicted octanol–water partition coefficient (Wildman–Crippen LogP) is 0.392. The Balaban J connectivity index is 2.92. The minimum atomic E-state index is -1.86. The first-order chi connectivity index (χ1) is 5.61. The van der Waals surface area contributed by atoms with Gasteiger partial charge >= 0.3 is 7.32 Å². The molecule has 0 aliphatic heterocycles. The molecule has 1 rings (SSSR count). The van der Waals surface area contributed by atoms with Gasteiger partial charge in [-0.3, -0.25) is 4.98 Å². The van der Waals surface area contributed by atoms with E-state index in [4.69, 9.17) is 21.6 Å². The number of rotatable bonds is 2. The Bertz CT molecular complexity index is 281. The molecule has 4 nitrogen and oxygen atoms in total. The maximum Gasteiger partial charge on any atom is 0.707 e. The van der Waals surface area contributed by atoms with Gasteiger partial charge in [-0.25, -0.2) is 0 Å². The van der Waals surface area contributed by atoms with Crippen molar-refractivity contribution in [2.45, 2.75) is 6.92 Å². The first-order valence-electron chi connectivity index (χ1n) is 3.25. The second-order valence-corrected chi connectivity index (χ2v) is 2.53. The fraction of sp³-hybridized carbons (Fsp3) is 0.167. The topological polar surface area (TPSA) is 62.6 Å². The van der Waals surface area contributed by atoms with Gasteiger partial charge in [0, 0.05) is 6.20 Å². The lowest BCUT2D eigenvalue weighted by Crippen LogP contribution is -2.20. The summed E-state index contributed by atoms with van der Waals surface area (Å²) in [6.45, 7) is 1.69. The summed E-state index contributed by atoms with van der Waals surface area (Å²) in [7, 11) is -1.86. The first kappa shape index (κ1) is 9.31. The zero-order chi connectivity index (χ0) is 9.14. The van der Waals surface area contributed by atoms with E-state index in [1.165, 1.54) is 12.3 Å². The third kappa shape index (κ3) is 2.10. The lowest BCUT2D eigenvalue weighted by molar-refractivity contribution is 0.288. The van der Waals surface area contributed by atoms with Crippen molar-refractivity contribution >= 4 is 18.9 Å². The van der Waals surface area contributed by atoms with E-state index < -0.39 is 7.32 Å². The highest BCUT2D eigenvalue weighted by Gasteiger charge is 2.14. The van der Waals surface area contributed by atoms with Gasteiger partial charge in [0.2, 0.25) is 0 Å². The highest BCUT2D eigenvalue weighted by atomic mass is 35.5. The van der Waals surface area contributed by atoms with Crippen LogP contribution >= 0.6 is 11.6 Å². The molecule has 6 heteroatoms. The lowest BCUT2D eigenvalue weighted by Gasteiger charge is -2.06. The van der Waals surface area contributed by atoms with Gasteiger partial charge in [0.05, 0.1) is 5.69 Å². The van der Waals surface area contributed by atoms with Gasteiger partial charge in [-0.1, -0.05) is 11.6 Å². The second-order valence-electron chi connectivity index (χ2n) is 2.15. The van der Waals surface area contributed by atoms with Crippen molar-refractivity contribution < 1.29 is 14.7 Å². The van der Waals surface area contributed by atoms with E-state index in [1.807, 2.05) is 0 Å². The van der Waals surface area contributed by atoms with E-state index in [2.05, 4.69) is 9.64 Å². The summed E-state index contributed by atoms with van der Waals surface area (Å²) in [6.07, 6.45) is 1.47. The molecule has 1 aromatic heterocycles. The van der Waals surface area contributed by atoms with Gasteiger partial charge in [-0.05, 0) is 13.0 Å². The smallest absolute Gasteiger partial charge is 0.511 e. The van der Waals surface area contributed by atoms with Crippen LogP contribution in [0.2, 0.25) is 5.02 Å². The SMILES string of the molecule is Cc1nccc(OB(O)O)c1Cl. The Hall–Kier alpha value is -0.775. The highest BCUT2D eigenvalue weighted by molar-refractivity contribution is 6.36. The minimum absolute atomic E-state index is 0.208. The number of pyridine rings is 1. The molecule has 1 aromatic rings. The zero-order valence-electron chi connectivity index (χ0n) is 6.36. The fourth-order valence-electron chi connectivity index (χ4n) is 0.729. The van der Waals surface area contributed by atoms with Gasteiger partial charge in [0.25, 0.3) is 0 Å². The van der Waals surface area contributed by atoms with Crippen molar-refractivity contribution in [3.8, 4) is 5.75 Å². The Morgan fingerprint density at radius 2 is 2.25 bits per heavy atom. The summed E-state index contributed by atoms with van der Waals surface area (Å²) in [5, 5.41) is 17.2. The van der Waals surface area contributed by atoms with Crippen LogP contribution in [0.4, 0.5) is 0 Å². The van der Waals surface area contributed by atoms with Crippen molar-refractivity contribution in [3.63, 3.8) is 0 Å². The Morgan fingerprint density at radius 1 is 1.58 bits per heavy atom. The molecule has 64 valence electrons. The molecule has 0 atom stereocenters. The highest BCUT2D eigenvalue weighted by Crippen LogP contribution is 2.25. The Labute approximate surface area is 74.9 Å². The van der Waals surface area contributed by atoms with Crippen LogP contribution < -0.4 is 4.65 Å². The van der Waals surface area contributed by atoms with Crippen molar-refractivity contribution in [1.82, 2.24) is 4.98 Å². The number of aryl methyl sites for hydroxylation is 1. The Kier molecular flexibility index (Phi) is 2.91. The molecule has 0 aliphatic rings. The molecule has 1 heterocycles. The zero-order valence-corrected chi connectivity index (χ0v) is 7.12. The van der Waals surface area contributed by atoms with Crippen molar-refractivity contribution in [2.24, 2.45) is 0 Å². The van der Waals surface area contributed by atoms with Gasteiger partial charge in [0.1, 0.15) is 10.8 Å². The third-order valence-electron chi connectivity index (χ3n) is 1.26. The quantitative estimate of drug-likeness (QED) is 0.658. The van der Waals surface area contributed by atoms with Gasteiger partial charge in [0.15, 0.2) is 0 Å². The molecule has 0 unspecified atom stereocenters. The number of nitrogens with zero attached hydrogens (tertiary/aromatic N) is 1. The summed E-state index contributed by atoms with van der Waals surface area (Å²) in [6, 6.07) is 1.45. The molecule has 0 radical (unpaired) electrons. The Morgan fingerprint density at radius 3 is 2.83 bits per heavy atom. The summed E-state index contributed by atoms with van der Waals surface area (Å²) >= 11 is 5.73. The molecular weight excluding hydrogens is 180 g/mol. The molecule has 0 amide bonds. The standard InChI is InChI=1S/C6H7BClNO3/c1-4-6(8)5(2-3-9-4)12-7(10)11/h2-3,10-11H,1H3. The van der Waals surface area contributed by atoms with Crippen LogP contribution in [0.15, 0.2) is 12.3 Å². The van der Waals surface area contributed by atoms with Gasteiger partial charge in [-0.15, -0.1) is 0 Å². The van der Waals surface area contributed by atoms with E-state index in [1.54, 1.807) is 6.92 Å². The monoisotopic (exact) mass is 187 g/mol. The average molecular weight is 187 g/mol. The van der Waals surface area contributed by atoms with Crippen LogP contribution in [0.1, 0.15) is 5.69 Å². The molecule has 0 saturated heterocycles. The number of aromatic nitrogens is 1.